The molecule has 37 heavy (non-hydrogen) atoms. The molecule has 0 aliphatic carbocycles. The van der Waals surface area contributed by atoms with Crippen molar-refractivity contribution >= 4 is 28.3 Å². The highest BCUT2D eigenvalue weighted by Gasteiger charge is 2.14. The molecule has 4 aromatic rings. The molecule has 4 rings (SSSR count). The molecule has 1 aromatic heterocycles. The van der Waals surface area contributed by atoms with Gasteiger partial charge in [-0.3, -0.25) is 9.59 Å². The van der Waals surface area contributed by atoms with Crippen molar-refractivity contribution in [3.05, 3.63) is 95.4 Å². The predicted octanol–water partition coefficient (Wildman–Crippen LogP) is 6.49. The zero-order chi connectivity index (χ0) is 26.0. The molecule has 0 fully saturated rings. The third kappa shape index (κ3) is 7.27. The van der Waals surface area contributed by atoms with Gasteiger partial charge in [0.15, 0.2) is 5.13 Å². The van der Waals surface area contributed by atoms with Crippen LogP contribution in [0.2, 0.25) is 0 Å². The molecule has 6 nitrogen and oxygen atoms in total. The summed E-state index contributed by atoms with van der Waals surface area (Å²) in [6.45, 7) is 3.88. The van der Waals surface area contributed by atoms with E-state index < -0.39 is 5.97 Å². The molecule has 2 N–H and O–H groups in total. The summed E-state index contributed by atoms with van der Waals surface area (Å²) >= 11 is 1.64. The highest BCUT2D eigenvalue weighted by Crippen LogP contribution is 2.30. The number of carboxylic acid groups (broad SMARTS) is 1. The third-order valence-corrected chi connectivity index (χ3v) is 6.95. The van der Waals surface area contributed by atoms with E-state index in [-0.39, 0.29) is 18.9 Å². The molecular weight excluding hydrogens is 482 g/mol. The monoisotopic (exact) mass is 513 g/mol. The second-order valence-electron chi connectivity index (χ2n) is 8.83. The van der Waals surface area contributed by atoms with Crippen LogP contribution in [-0.4, -0.2) is 35.1 Å². The quantitative estimate of drug-likeness (QED) is 0.226. The number of thiazole rings is 1. The maximum atomic E-state index is 12.2. The molecule has 7 heteroatoms. The van der Waals surface area contributed by atoms with E-state index in [1.54, 1.807) is 23.5 Å². The summed E-state index contributed by atoms with van der Waals surface area (Å²) in [5, 5.41) is 14.5. The number of nitrogens with zero attached hydrogens (tertiary/aromatic N) is 2. The average molecular weight is 514 g/mol. The fourth-order valence-corrected chi connectivity index (χ4v) is 4.83. The number of rotatable bonds is 12. The van der Waals surface area contributed by atoms with Crippen LogP contribution in [0.3, 0.4) is 0 Å². The van der Waals surface area contributed by atoms with Crippen molar-refractivity contribution in [3.63, 3.8) is 0 Å². The molecular formula is C30H31N3O3S. The highest BCUT2D eigenvalue weighted by molar-refractivity contribution is 7.14. The van der Waals surface area contributed by atoms with Gasteiger partial charge in [0.05, 0.1) is 12.1 Å². The number of hydrogen-bond acceptors (Lipinski definition) is 5. The number of hydrogen-bond donors (Lipinski definition) is 2. The molecule has 3 aromatic carbocycles. The summed E-state index contributed by atoms with van der Waals surface area (Å²) in [6.07, 6.45) is 2.05. The van der Waals surface area contributed by atoms with Gasteiger partial charge in [-0.1, -0.05) is 80.1 Å². The van der Waals surface area contributed by atoms with E-state index in [9.17, 15) is 9.59 Å². The Balaban J connectivity index is 1.44. The first-order chi connectivity index (χ1) is 18.0. The second kappa shape index (κ2) is 12.8. The van der Waals surface area contributed by atoms with Crippen LogP contribution >= 0.6 is 11.3 Å². The summed E-state index contributed by atoms with van der Waals surface area (Å²) in [5.41, 5.74) is 6.04. The van der Waals surface area contributed by atoms with Crippen molar-refractivity contribution in [2.24, 2.45) is 0 Å². The third-order valence-electron chi connectivity index (χ3n) is 6.05. The molecule has 0 spiro atoms. The molecule has 0 saturated heterocycles. The number of carbonyl (C=O) groups excluding carboxylic acids is 1. The Hall–Kier alpha value is -3.97. The van der Waals surface area contributed by atoms with Crippen LogP contribution in [0.4, 0.5) is 5.13 Å². The van der Waals surface area contributed by atoms with E-state index in [1.165, 1.54) is 11.1 Å². The Bertz CT molecular complexity index is 1300. The van der Waals surface area contributed by atoms with Gasteiger partial charge in [0.2, 0.25) is 0 Å². The fourth-order valence-electron chi connectivity index (χ4n) is 3.96. The molecule has 0 radical (unpaired) electrons. The first-order valence-corrected chi connectivity index (χ1v) is 13.4. The Kier molecular flexibility index (Phi) is 9.05. The van der Waals surface area contributed by atoms with Gasteiger partial charge in [-0.25, -0.2) is 4.98 Å². The number of amides is 1. The van der Waals surface area contributed by atoms with E-state index in [0.717, 1.165) is 41.3 Å². The van der Waals surface area contributed by atoms with Crippen molar-refractivity contribution in [1.29, 1.82) is 0 Å². The Labute approximate surface area is 221 Å². The summed E-state index contributed by atoms with van der Waals surface area (Å²) < 4.78 is 0. The molecule has 0 aliphatic rings. The molecule has 1 heterocycles. The number of unbranched alkanes of at least 4 members (excludes halogenated alkanes) is 1. The van der Waals surface area contributed by atoms with Gasteiger partial charge >= 0.3 is 5.97 Å². The standard InChI is InChI=1S/C30H31N3O3S/c1-2-3-19-33(20-22-9-11-26(12-10-22)29(36)31-18-17-28(34)35)30-32-27(21-37-30)25-15-13-24(14-16-25)23-7-5-4-6-8-23/h4-16,21H,2-3,17-20H2,1H3,(H,31,36)(H,34,35). The molecule has 1 amide bonds. The van der Waals surface area contributed by atoms with Crippen molar-refractivity contribution in [1.82, 2.24) is 10.3 Å². The number of carboxylic acids is 1. The van der Waals surface area contributed by atoms with Gasteiger partial charge in [0.25, 0.3) is 5.91 Å². The van der Waals surface area contributed by atoms with Crippen molar-refractivity contribution < 1.29 is 14.7 Å². The van der Waals surface area contributed by atoms with Crippen LogP contribution < -0.4 is 10.2 Å². The smallest absolute Gasteiger partial charge is 0.305 e. The van der Waals surface area contributed by atoms with Crippen molar-refractivity contribution in [3.8, 4) is 22.4 Å². The van der Waals surface area contributed by atoms with E-state index in [1.807, 2.05) is 30.3 Å². The summed E-state index contributed by atoms with van der Waals surface area (Å²) in [4.78, 5) is 30.1. The molecule has 0 unspecified atom stereocenters. The fraction of sp³-hybridized carbons (Fsp3) is 0.233. The number of carbonyl (C=O) groups is 2. The van der Waals surface area contributed by atoms with E-state index >= 15 is 0 Å². The first-order valence-electron chi connectivity index (χ1n) is 12.5. The van der Waals surface area contributed by atoms with Crippen LogP contribution in [0.5, 0.6) is 0 Å². The summed E-state index contributed by atoms with van der Waals surface area (Å²) in [7, 11) is 0. The zero-order valence-corrected chi connectivity index (χ0v) is 21.7. The lowest BCUT2D eigenvalue weighted by molar-refractivity contribution is -0.136. The minimum absolute atomic E-state index is 0.0941. The molecule has 190 valence electrons. The largest absolute Gasteiger partial charge is 0.481 e. The topological polar surface area (TPSA) is 82.5 Å². The van der Waals surface area contributed by atoms with Gasteiger partial charge in [0.1, 0.15) is 0 Å². The van der Waals surface area contributed by atoms with Crippen LogP contribution in [-0.2, 0) is 11.3 Å². The molecule has 0 aliphatic heterocycles. The normalized spacial score (nSPS) is 10.7. The minimum atomic E-state index is -0.933. The Morgan fingerprint density at radius 3 is 2.27 bits per heavy atom. The number of nitrogens with one attached hydrogen (secondary N) is 1. The second-order valence-corrected chi connectivity index (χ2v) is 9.67. The van der Waals surface area contributed by atoms with Gasteiger partial charge in [-0.05, 0) is 35.2 Å². The zero-order valence-electron chi connectivity index (χ0n) is 20.9. The number of benzene rings is 3. The maximum Gasteiger partial charge on any atom is 0.305 e. The lowest BCUT2D eigenvalue weighted by Crippen LogP contribution is -2.26. The van der Waals surface area contributed by atoms with Crippen LogP contribution in [0.25, 0.3) is 22.4 Å². The van der Waals surface area contributed by atoms with Gasteiger partial charge < -0.3 is 15.3 Å². The summed E-state index contributed by atoms with van der Waals surface area (Å²) in [5.74, 6) is -1.20. The maximum absolute atomic E-state index is 12.2. The van der Waals surface area contributed by atoms with Crippen LogP contribution in [0.1, 0.15) is 42.1 Å². The Morgan fingerprint density at radius 1 is 0.919 bits per heavy atom. The van der Waals surface area contributed by atoms with Gasteiger partial charge in [0, 0.05) is 36.1 Å². The van der Waals surface area contributed by atoms with Crippen LogP contribution in [0, 0.1) is 0 Å². The number of aliphatic carboxylic acids is 1. The molecule has 0 bridgehead atoms. The SMILES string of the molecule is CCCCN(Cc1ccc(C(=O)NCCC(=O)O)cc1)c1nc(-c2ccc(-c3ccccc3)cc2)cs1. The summed E-state index contributed by atoms with van der Waals surface area (Å²) in [6, 6.07) is 26.3. The molecule has 0 atom stereocenters. The van der Waals surface area contributed by atoms with Gasteiger partial charge in [-0.15, -0.1) is 11.3 Å². The van der Waals surface area contributed by atoms with Crippen molar-refractivity contribution in [2.45, 2.75) is 32.7 Å². The van der Waals surface area contributed by atoms with Crippen molar-refractivity contribution in [2.75, 3.05) is 18.0 Å². The number of aromatic nitrogens is 1. The van der Waals surface area contributed by atoms with Crippen LogP contribution in [0.15, 0.2) is 84.2 Å². The Morgan fingerprint density at radius 2 is 1.59 bits per heavy atom. The lowest BCUT2D eigenvalue weighted by atomic mass is 10.0. The number of anilines is 1. The van der Waals surface area contributed by atoms with E-state index in [4.69, 9.17) is 10.1 Å². The van der Waals surface area contributed by atoms with E-state index in [2.05, 4.69) is 58.9 Å². The van der Waals surface area contributed by atoms with E-state index in [0.29, 0.717) is 12.1 Å². The molecule has 0 saturated carbocycles. The first kappa shape index (κ1) is 26.1. The predicted molar refractivity (Wildman–Crippen MR) is 150 cm³/mol. The lowest BCUT2D eigenvalue weighted by Gasteiger charge is -2.22. The average Bonchev–Trinajstić information content (AvgIpc) is 3.42. The van der Waals surface area contributed by atoms with Gasteiger partial charge in [-0.2, -0.15) is 0 Å². The highest BCUT2D eigenvalue weighted by atomic mass is 32.1. The minimum Gasteiger partial charge on any atom is -0.481 e.